The fraction of sp³-hybridized carbons (Fsp3) is 1.00. The Balaban J connectivity index is 4.23. The molecule has 24 heavy (non-hydrogen) atoms. The van der Waals surface area contributed by atoms with Gasteiger partial charge < -0.3 is 15.8 Å². The predicted molar refractivity (Wildman–Crippen MR) is 72.7 cm³/mol. The van der Waals surface area contributed by atoms with Crippen LogP contribution in [-0.2, 0) is 14.2 Å². The van der Waals surface area contributed by atoms with Crippen LogP contribution < -0.4 is 16.4 Å². The number of ether oxygens (including phenoxy) is 3. The fourth-order valence-corrected chi connectivity index (χ4v) is 1.39. The summed E-state index contributed by atoms with van der Waals surface area (Å²) in [7, 11) is 0. The molecule has 0 fully saturated rings. The number of nitrogens with two attached hydrogens (primary N) is 1. The molecule has 0 aliphatic heterocycles. The van der Waals surface area contributed by atoms with E-state index in [1.165, 1.54) is 0 Å². The largest absolute Gasteiger partial charge is 0.494 e. The number of alkyl halides is 6. The highest BCUT2D eigenvalue weighted by atomic mass is 19.3. The zero-order valence-corrected chi connectivity index (χ0v) is 13.2. The standard InChI is InChI=1S/C12H23F6N3O3/c1-2-3-5-21-9-22-8-11(15,16)24-12(17,18)23-10(13,14)7-20-6-4-19/h20-21H,2-9,19H2,1H3. The van der Waals surface area contributed by atoms with Crippen molar-refractivity contribution in [3.63, 3.8) is 0 Å². The van der Waals surface area contributed by atoms with E-state index in [1.54, 1.807) is 0 Å². The Morgan fingerprint density at radius 3 is 2.12 bits per heavy atom. The van der Waals surface area contributed by atoms with Gasteiger partial charge in [0.25, 0.3) is 0 Å². The Bertz CT molecular complexity index is 337. The molecule has 0 aliphatic carbocycles. The molecule has 0 radical (unpaired) electrons. The highest BCUT2D eigenvalue weighted by Crippen LogP contribution is 2.33. The van der Waals surface area contributed by atoms with Crippen molar-refractivity contribution in [1.82, 2.24) is 10.6 Å². The average molecular weight is 371 g/mol. The predicted octanol–water partition coefficient (Wildman–Crippen LogP) is 1.67. The first kappa shape index (κ1) is 23.3. The number of hydrogen-bond donors (Lipinski definition) is 3. The lowest BCUT2D eigenvalue weighted by Crippen LogP contribution is -2.46. The Morgan fingerprint density at radius 1 is 0.917 bits per heavy atom. The first-order valence-corrected chi connectivity index (χ1v) is 7.26. The summed E-state index contributed by atoms with van der Waals surface area (Å²) in [6.07, 6.45) is -12.5. The number of rotatable bonds is 15. The van der Waals surface area contributed by atoms with Crippen LogP contribution in [0, 0.1) is 0 Å². The third kappa shape index (κ3) is 12.7. The molecular weight excluding hydrogens is 348 g/mol. The molecule has 0 atom stereocenters. The first-order valence-electron chi connectivity index (χ1n) is 7.26. The van der Waals surface area contributed by atoms with Gasteiger partial charge in [0.15, 0.2) is 0 Å². The van der Waals surface area contributed by atoms with E-state index in [2.05, 4.69) is 19.5 Å². The summed E-state index contributed by atoms with van der Waals surface area (Å²) in [6.45, 7) is -0.942. The second-order valence-electron chi connectivity index (χ2n) is 4.75. The molecule has 4 N–H and O–H groups in total. The van der Waals surface area contributed by atoms with Crippen LogP contribution in [0.2, 0.25) is 0 Å². The van der Waals surface area contributed by atoms with E-state index < -0.39 is 31.7 Å². The second-order valence-corrected chi connectivity index (χ2v) is 4.75. The van der Waals surface area contributed by atoms with Crippen LogP contribution in [-0.4, -0.2) is 58.0 Å². The van der Waals surface area contributed by atoms with E-state index in [-0.39, 0.29) is 19.8 Å². The zero-order valence-electron chi connectivity index (χ0n) is 13.2. The van der Waals surface area contributed by atoms with Gasteiger partial charge in [-0.05, 0) is 13.0 Å². The number of unbranched alkanes of at least 4 members (excludes halogenated alkanes) is 1. The molecular formula is C12H23F6N3O3. The minimum atomic E-state index is -5.21. The summed E-state index contributed by atoms with van der Waals surface area (Å²) < 4.78 is 89.1. The van der Waals surface area contributed by atoms with Crippen LogP contribution >= 0.6 is 0 Å². The van der Waals surface area contributed by atoms with E-state index in [0.29, 0.717) is 6.54 Å². The Kier molecular flexibility index (Phi) is 10.7. The van der Waals surface area contributed by atoms with Crippen molar-refractivity contribution >= 4 is 0 Å². The van der Waals surface area contributed by atoms with Gasteiger partial charge in [0.2, 0.25) is 0 Å². The molecule has 0 saturated heterocycles. The molecule has 0 rings (SSSR count). The molecule has 0 unspecified atom stereocenters. The summed E-state index contributed by atoms with van der Waals surface area (Å²) in [5, 5.41) is 4.63. The smallest absolute Gasteiger partial charge is 0.357 e. The molecule has 12 heteroatoms. The maximum Gasteiger partial charge on any atom is 0.494 e. The van der Waals surface area contributed by atoms with Crippen molar-refractivity contribution in [2.24, 2.45) is 5.73 Å². The summed E-state index contributed by atoms with van der Waals surface area (Å²) >= 11 is 0. The van der Waals surface area contributed by atoms with Gasteiger partial charge in [0.05, 0.1) is 13.3 Å². The normalized spacial score (nSPS) is 13.5. The molecule has 0 aromatic heterocycles. The molecule has 0 spiro atoms. The molecule has 146 valence electrons. The second kappa shape index (κ2) is 11.1. The number of halogens is 6. The first-order chi connectivity index (χ1) is 11.0. The summed E-state index contributed by atoms with van der Waals surface area (Å²) in [6, 6.07) is 0. The molecule has 0 aromatic rings. The molecule has 0 saturated carbocycles. The molecule has 0 bridgehead atoms. The third-order valence-corrected chi connectivity index (χ3v) is 2.37. The lowest BCUT2D eigenvalue weighted by molar-refractivity contribution is -0.514. The summed E-state index contributed by atoms with van der Waals surface area (Å²) in [5.74, 6) is 0. The van der Waals surface area contributed by atoms with Crippen LogP contribution in [0.1, 0.15) is 19.8 Å². The topological polar surface area (TPSA) is 77.8 Å². The van der Waals surface area contributed by atoms with E-state index in [0.717, 1.165) is 12.8 Å². The Morgan fingerprint density at radius 2 is 1.54 bits per heavy atom. The minimum absolute atomic E-state index is 0.0231. The minimum Gasteiger partial charge on any atom is -0.357 e. The number of nitrogens with one attached hydrogen (secondary N) is 2. The summed E-state index contributed by atoms with van der Waals surface area (Å²) in [4.78, 5) is 0. The van der Waals surface area contributed by atoms with Crippen LogP contribution in [0.4, 0.5) is 26.3 Å². The highest BCUT2D eigenvalue weighted by molar-refractivity contribution is 4.61. The maximum atomic E-state index is 13.2. The average Bonchev–Trinajstić information content (AvgIpc) is 2.40. The highest BCUT2D eigenvalue weighted by Gasteiger charge is 2.52. The van der Waals surface area contributed by atoms with Gasteiger partial charge in [0, 0.05) is 13.1 Å². The van der Waals surface area contributed by atoms with Gasteiger partial charge >= 0.3 is 18.5 Å². The molecule has 0 amide bonds. The van der Waals surface area contributed by atoms with Gasteiger partial charge in [-0.15, -0.1) is 8.78 Å². The van der Waals surface area contributed by atoms with E-state index in [9.17, 15) is 26.3 Å². The summed E-state index contributed by atoms with van der Waals surface area (Å²) in [5.41, 5.74) is 5.01. The van der Waals surface area contributed by atoms with E-state index >= 15 is 0 Å². The van der Waals surface area contributed by atoms with Crippen molar-refractivity contribution in [1.29, 1.82) is 0 Å². The molecule has 0 heterocycles. The van der Waals surface area contributed by atoms with Gasteiger partial charge in [-0.1, -0.05) is 13.3 Å². The molecule has 0 aromatic carbocycles. The lowest BCUT2D eigenvalue weighted by atomic mass is 10.3. The van der Waals surface area contributed by atoms with Gasteiger partial charge in [-0.3, -0.25) is 5.32 Å². The van der Waals surface area contributed by atoms with Crippen molar-refractivity contribution in [3.05, 3.63) is 0 Å². The monoisotopic (exact) mass is 371 g/mol. The molecule has 0 aliphatic rings. The van der Waals surface area contributed by atoms with Crippen molar-refractivity contribution in [2.75, 3.05) is 39.5 Å². The fourth-order valence-electron chi connectivity index (χ4n) is 1.39. The maximum absolute atomic E-state index is 13.2. The quantitative estimate of drug-likeness (QED) is 0.231. The van der Waals surface area contributed by atoms with E-state index in [4.69, 9.17) is 5.73 Å². The van der Waals surface area contributed by atoms with Crippen molar-refractivity contribution in [3.8, 4) is 0 Å². The number of hydrogen-bond acceptors (Lipinski definition) is 6. The van der Waals surface area contributed by atoms with Crippen LogP contribution in [0.25, 0.3) is 0 Å². The Hall–Kier alpha value is -0.660. The van der Waals surface area contributed by atoms with Crippen LogP contribution in [0.15, 0.2) is 0 Å². The molecule has 6 nitrogen and oxygen atoms in total. The van der Waals surface area contributed by atoms with Gasteiger partial charge in [-0.25, -0.2) is 9.47 Å². The Labute approximate surface area is 136 Å². The SMILES string of the molecule is CCCCNCOCC(F)(F)OC(F)(F)OC(F)(F)CNCCN. The van der Waals surface area contributed by atoms with E-state index in [1.807, 2.05) is 12.2 Å². The van der Waals surface area contributed by atoms with Crippen molar-refractivity contribution < 1.29 is 40.6 Å². The lowest BCUT2D eigenvalue weighted by Gasteiger charge is -2.26. The van der Waals surface area contributed by atoms with Crippen molar-refractivity contribution in [2.45, 2.75) is 38.3 Å². The van der Waals surface area contributed by atoms with Crippen LogP contribution in [0.5, 0.6) is 0 Å². The zero-order chi connectivity index (χ0) is 18.7. The third-order valence-electron chi connectivity index (χ3n) is 2.37. The van der Waals surface area contributed by atoms with Crippen LogP contribution in [0.3, 0.4) is 0 Å². The van der Waals surface area contributed by atoms with Gasteiger partial charge in [-0.2, -0.15) is 17.6 Å². The van der Waals surface area contributed by atoms with Gasteiger partial charge in [0.1, 0.15) is 6.61 Å².